The molecule has 0 heterocycles. The fourth-order valence-electron chi connectivity index (χ4n) is 3.56. The average molecular weight is 552 g/mol. The standard InChI is InChI=1S/C28H44O4SeSi/c1-21(19-31-20-23-14-10-8-11-15-23)27(33-24-16-12-9-13-17-24)26(30)18-25(29)22(2)32-34(6,7)28(3,4)5/h8-17,21-22,25-27,29-30H,18-20H2,1-7H3/t21-,22-,25-,26+,27+/m0/s1. The molecule has 190 valence electrons. The Kier molecular flexibility index (Phi) is 11.5. The van der Waals surface area contributed by atoms with Crippen molar-refractivity contribution in [1.82, 2.24) is 0 Å². The van der Waals surface area contributed by atoms with Crippen LogP contribution in [0.15, 0.2) is 60.7 Å². The first-order valence-corrected chi connectivity index (χ1v) is 17.0. The van der Waals surface area contributed by atoms with Gasteiger partial charge < -0.3 is 0 Å². The van der Waals surface area contributed by atoms with Gasteiger partial charge in [0.1, 0.15) is 0 Å². The molecule has 34 heavy (non-hydrogen) atoms. The second-order valence-electron chi connectivity index (χ2n) is 10.8. The fraction of sp³-hybridized carbons (Fsp3) is 0.571. The van der Waals surface area contributed by atoms with Crippen LogP contribution in [0.25, 0.3) is 0 Å². The quantitative estimate of drug-likeness (QED) is 0.337. The van der Waals surface area contributed by atoms with Crippen LogP contribution in [0.5, 0.6) is 0 Å². The Labute approximate surface area is 214 Å². The van der Waals surface area contributed by atoms with Gasteiger partial charge >= 0.3 is 215 Å². The first kappa shape index (κ1) is 29.2. The SMILES string of the molecule is C[C@H](O[Si](C)(C)C(C)(C)C)[C@@H](O)C[C@@H](O)[C@H]([Se]c1ccccc1)[C@@H](C)COCc1ccccc1. The minimum atomic E-state index is -2.00. The van der Waals surface area contributed by atoms with Gasteiger partial charge in [-0.15, -0.1) is 0 Å². The van der Waals surface area contributed by atoms with Crippen LogP contribution < -0.4 is 4.46 Å². The maximum atomic E-state index is 11.3. The van der Waals surface area contributed by atoms with Gasteiger partial charge in [0, 0.05) is 0 Å². The zero-order valence-corrected chi connectivity index (χ0v) is 24.6. The first-order valence-electron chi connectivity index (χ1n) is 12.3. The number of aliphatic hydroxyl groups is 2. The molecule has 4 nitrogen and oxygen atoms in total. The van der Waals surface area contributed by atoms with E-state index in [-0.39, 0.29) is 36.8 Å². The molecule has 2 aromatic rings. The molecule has 6 heteroatoms. The number of ether oxygens (including phenoxy) is 1. The minimum absolute atomic E-state index is 0.0281. The van der Waals surface area contributed by atoms with E-state index < -0.39 is 20.5 Å². The molecule has 2 rings (SSSR count). The summed E-state index contributed by atoms with van der Waals surface area (Å²) < 4.78 is 13.7. The average Bonchev–Trinajstić information content (AvgIpc) is 2.77. The van der Waals surface area contributed by atoms with Gasteiger partial charge in [-0.05, 0) is 0 Å². The van der Waals surface area contributed by atoms with Gasteiger partial charge in [0.15, 0.2) is 0 Å². The van der Waals surface area contributed by atoms with Gasteiger partial charge in [0.05, 0.1) is 0 Å². The van der Waals surface area contributed by atoms with Crippen molar-refractivity contribution in [1.29, 1.82) is 0 Å². The molecule has 0 saturated heterocycles. The van der Waals surface area contributed by atoms with Crippen LogP contribution in [-0.2, 0) is 15.8 Å². The Hall–Kier alpha value is -0.984. The summed E-state index contributed by atoms with van der Waals surface area (Å²) in [6.07, 6.45) is -1.35. The maximum absolute atomic E-state index is 11.3. The van der Waals surface area contributed by atoms with Crippen molar-refractivity contribution < 1.29 is 19.4 Å². The van der Waals surface area contributed by atoms with Crippen LogP contribution in [-0.4, -0.2) is 58.4 Å². The Balaban J connectivity index is 2.03. The van der Waals surface area contributed by atoms with Gasteiger partial charge in [-0.1, -0.05) is 0 Å². The molecule has 0 spiro atoms. The third kappa shape index (κ3) is 9.23. The van der Waals surface area contributed by atoms with E-state index in [9.17, 15) is 10.2 Å². The van der Waals surface area contributed by atoms with E-state index in [1.54, 1.807) is 0 Å². The molecule has 5 atom stereocenters. The Morgan fingerprint density at radius 3 is 2.00 bits per heavy atom. The van der Waals surface area contributed by atoms with E-state index in [0.717, 1.165) is 5.56 Å². The van der Waals surface area contributed by atoms with Gasteiger partial charge in [0.2, 0.25) is 0 Å². The summed E-state index contributed by atoms with van der Waals surface area (Å²) in [5.41, 5.74) is 1.15. The molecule has 2 aromatic carbocycles. The third-order valence-electron chi connectivity index (χ3n) is 6.76. The topological polar surface area (TPSA) is 58.9 Å². The molecular formula is C28H44O4SeSi. The van der Waals surface area contributed by atoms with Crippen LogP contribution in [0.2, 0.25) is 22.9 Å². The molecule has 0 radical (unpaired) electrons. The number of rotatable bonds is 13. The van der Waals surface area contributed by atoms with Crippen LogP contribution in [0, 0.1) is 5.92 Å². The van der Waals surface area contributed by atoms with Crippen LogP contribution in [0.3, 0.4) is 0 Å². The van der Waals surface area contributed by atoms with E-state index in [1.807, 2.05) is 43.3 Å². The summed E-state index contributed by atoms with van der Waals surface area (Å²) in [6.45, 7) is 16.2. The Morgan fingerprint density at radius 2 is 1.44 bits per heavy atom. The molecule has 0 aliphatic carbocycles. The summed E-state index contributed by atoms with van der Waals surface area (Å²) in [5, 5.41) is 22.3. The summed E-state index contributed by atoms with van der Waals surface area (Å²) in [6, 6.07) is 20.5. The van der Waals surface area contributed by atoms with E-state index in [1.165, 1.54) is 4.46 Å². The molecule has 2 N–H and O–H groups in total. The summed E-state index contributed by atoms with van der Waals surface area (Å²) in [7, 11) is -2.00. The normalized spacial score (nSPS) is 17.1. The predicted molar refractivity (Wildman–Crippen MR) is 145 cm³/mol. The summed E-state index contributed by atoms with van der Waals surface area (Å²) in [5.74, 6) is 0.155. The summed E-state index contributed by atoms with van der Waals surface area (Å²) in [4.78, 5) is 0.0281. The third-order valence-corrected chi connectivity index (χ3v) is 14.7. The molecular weight excluding hydrogens is 507 g/mol. The number of aliphatic hydroxyl groups excluding tert-OH is 2. The van der Waals surface area contributed by atoms with E-state index >= 15 is 0 Å². The van der Waals surface area contributed by atoms with Crippen LogP contribution in [0.4, 0.5) is 0 Å². The molecule has 0 aliphatic heterocycles. The van der Waals surface area contributed by atoms with E-state index in [0.29, 0.717) is 19.6 Å². The van der Waals surface area contributed by atoms with Crippen molar-refractivity contribution in [2.45, 2.75) is 88.9 Å². The van der Waals surface area contributed by atoms with Gasteiger partial charge in [-0.25, -0.2) is 0 Å². The molecule has 0 unspecified atom stereocenters. The van der Waals surface area contributed by atoms with E-state index in [4.69, 9.17) is 9.16 Å². The van der Waals surface area contributed by atoms with Gasteiger partial charge in [-0.3, -0.25) is 0 Å². The molecule has 0 bridgehead atoms. The van der Waals surface area contributed by atoms with Gasteiger partial charge in [-0.2, -0.15) is 0 Å². The van der Waals surface area contributed by atoms with Crippen molar-refractivity contribution in [2.75, 3.05) is 6.61 Å². The van der Waals surface area contributed by atoms with E-state index in [2.05, 4.69) is 65.1 Å². The number of hydrogen-bond donors (Lipinski definition) is 2. The summed E-state index contributed by atoms with van der Waals surface area (Å²) >= 11 is 0.0550. The zero-order valence-electron chi connectivity index (χ0n) is 21.9. The number of benzene rings is 2. The molecule has 0 aliphatic rings. The fourth-order valence-corrected chi connectivity index (χ4v) is 7.53. The van der Waals surface area contributed by atoms with Crippen LogP contribution >= 0.6 is 0 Å². The molecule has 0 amide bonds. The van der Waals surface area contributed by atoms with Crippen molar-refractivity contribution in [3.8, 4) is 0 Å². The second kappa shape index (κ2) is 13.4. The van der Waals surface area contributed by atoms with Crippen molar-refractivity contribution in [3.63, 3.8) is 0 Å². The van der Waals surface area contributed by atoms with Crippen molar-refractivity contribution in [2.24, 2.45) is 5.92 Å². The predicted octanol–water partition coefficient (Wildman–Crippen LogP) is 5.18. The van der Waals surface area contributed by atoms with Crippen LogP contribution in [0.1, 0.15) is 46.6 Å². The molecule has 0 aromatic heterocycles. The molecule has 0 saturated carbocycles. The Morgan fingerprint density at radius 1 is 0.882 bits per heavy atom. The number of hydrogen-bond acceptors (Lipinski definition) is 4. The zero-order chi connectivity index (χ0) is 25.4. The Bertz CT molecular complexity index is 825. The van der Waals surface area contributed by atoms with Crippen molar-refractivity contribution in [3.05, 3.63) is 66.2 Å². The molecule has 0 fully saturated rings. The monoisotopic (exact) mass is 552 g/mol. The second-order valence-corrected chi connectivity index (χ2v) is 18.2. The van der Waals surface area contributed by atoms with Crippen molar-refractivity contribution >= 4 is 27.7 Å². The first-order chi connectivity index (χ1) is 15.9. The van der Waals surface area contributed by atoms with Gasteiger partial charge in [0.25, 0.3) is 0 Å².